The molecule has 0 fully saturated rings. The van der Waals surface area contributed by atoms with Gasteiger partial charge in [0.1, 0.15) is 4.90 Å². The topological polar surface area (TPSA) is 110 Å². The van der Waals surface area contributed by atoms with Crippen LogP contribution in [0.3, 0.4) is 0 Å². The van der Waals surface area contributed by atoms with Crippen molar-refractivity contribution in [3.63, 3.8) is 0 Å². The van der Waals surface area contributed by atoms with E-state index in [0.29, 0.717) is 21.8 Å². The molecule has 0 aliphatic rings. The number of nitrogens with one attached hydrogen (secondary N) is 2. The van der Waals surface area contributed by atoms with Crippen molar-refractivity contribution < 1.29 is 16.8 Å². The van der Waals surface area contributed by atoms with Crippen molar-refractivity contribution >= 4 is 54.5 Å². The fraction of sp³-hybridized carbons (Fsp3) is 0.188. The van der Waals surface area contributed by atoms with Crippen LogP contribution in [0, 0.1) is 6.92 Å². The van der Waals surface area contributed by atoms with E-state index >= 15 is 0 Å². The molecule has 0 saturated heterocycles. The number of hydrogen-bond donors (Lipinski definition) is 2. The van der Waals surface area contributed by atoms with Crippen LogP contribution in [0.2, 0.25) is 10.0 Å². The predicted octanol–water partition coefficient (Wildman–Crippen LogP) is 2.67. The van der Waals surface area contributed by atoms with Gasteiger partial charge in [-0.2, -0.15) is 5.10 Å². The lowest BCUT2D eigenvalue weighted by Gasteiger charge is -2.11. The molecule has 0 saturated carbocycles. The van der Waals surface area contributed by atoms with E-state index < -0.39 is 25.8 Å². The van der Waals surface area contributed by atoms with E-state index in [4.69, 9.17) is 23.2 Å². The molecule has 2 aromatic heterocycles. The van der Waals surface area contributed by atoms with Crippen molar-refractivity contribution in [2.45, 2.75) is 11.8 Å². The highest BCUT2D eigenvalue weighted by molar-refractivity contribution is 7.92. The molecule has 28 heavy (non-hydrogen) atoms. The average molecular weight is 463 g/mol. The number of aromatic nitrogens is 2. The van der Waals surface area contributed by atoms with Gasteiger partial charge in [-0.1, -0.05) is 23.2 Å². The third-order valence-electron chi connectivity index (χ3n) is 3.84. The van der Waals surface area contributed by atoms with Crippen LogP contribution in [-0.4, -0.2) is 38.7 Å². The van der Waals surface area contributed by atoms with Crippen LogP contribution in [0.1, 0.15) is 5.56 Å². The molecule has 8 nitrogen and oxygen atoms in total. The van der Waals surface area contributed by atoms with Crippen LogP contribution in [0.5, 0.6) is 0 Å². The van der Waals surface area contributed by atoms with Gasteiger partial charge >= 0.3 is 0 Å². The highest BCUT2D eigenvalue weighted by atomic mass is 35.5. The summed E-state index contributed by atoms with van der Waals surface area (Å²) in [5.41, 5.74) is 1.61. The summed E-state index contributed by atoms with van der Waals surface area (Å²) in [6.45, 7) is 1.31. The number of halogens is 2. The molecule has 3 aromatic rings. The lowest BCUT2D eigenvalue weighted by Crippen LogP contribution is -2.31. The van der Waals surface area contributed by atoms with Gasteiger partial charge in [0.25, 0.3) is 0 Å². The van der Waals surface area contributed by atoms with E-state index in [1.165, 1.54) is 12.1 Å². The van der Waals surface area contributed by atoms with Crippen LogP contribution < -0.4 is 9.44 Å². The molecular formula is C16H16Cl2N4O4S2. The first-order valence-corrected chi connectivity index (χ1v) is 11.9. The van der Waals surface area contributed by atoms with E-state index in [1.54, 1.807) is 42.0 Å². The second-order valence-corrected chi connectivity index (χ2v) is 10.4. The van der Waals surface area contributed by atoms with Gasteiger partial charge in [-0.3, -0.25) is 4.72 Å². The molecule has 0 amide bonds. The van der Waals surface area contributed by atoms with Gasteiger partial charge in [-0.25, -0.2) is 26.1 Å². The second-order valence-electron chi connectivity index (χ2n) is 5.97. The minimum Gasteiger partial charge on any atom is -0.283 e. The molecular weight excluding hydrogens is 447 g/mol. The Hall–Kier alpha value is -1.85. The van der Waals surface area contributed by atoms with Crippen LogP contribution >= 0.6 is 23.2 Å². The van der Waals surface area contributed by atoms with Gasteiger partial charge in [0.2, 0.25) is 20.0 Å². The van der Waals surface area contributed by atoms with E-state index in [0.717, 1.165) is 0 Å². The molecule has 2 N–H and O–H groups in total. The molecule has 12 heteroatoms. The molecule has 0 bridgehead atoms. The summed E-state index contributed by atoms with van der Waals surface area (Å²) >= 11 is 11.9. The predicted molar refractivity (Wildman–Crippen MR) is 109 cm³/mol. The monoisotopic (exact) mass is 462 g/mol. The molecule has 150 valence electrons. The standard InChI is InChI=1S/C16H16Cl2N4O4S2/c1-11-8-16(15(18)10-14(11)17)28(25,26)20-5-7-27(23,24)21-12-3-6-22-13(9-12)2-4-19-22/h2-4,6,8-10,20-21H,5,7H2,1H3. The van der Waals surface area contributed by atoms with Crippen molar-refractivity contribution in [2.75, 3.05) is 17.0 Å². The maximum atomic E-state index is 12.4. The molecule has 1 aromatic carbocycles. The Morgan fingerprint density at radius 3 is 2.57 bits per heavy atom. The maximum absolute atomic E-state index is 12.4. The lowest BCUT2D eigenvalue weighted by molar-refractivity contribution is 0.582. The number of anilines is 1. The first-order chi connectivity index (χ1) is 13.1. The second kappa shape index (κ2) is 7.88. The summed E-state index contributed by atoms with van der Waals surface area (Å²) in [6.07, 6.45) is 3.20. The molecule has 0 aliphatic carbocycles. The Balaban J connectivity index is 1.66. The summed E-state index contributed by atoms with van der Waals surface area (Å²) in [5, 5.41) is 4.32. The average Bonchev–Trinajstić information content (AvgIpc) is 3.04. The van der Waals surface area contributed by atoms with Crippen LogP contribution in [-0.2, 0) is 20.0 Å². The molecule has 0 atom stereocenters. The smallest absolute Gasteiger partial charge is 0.242 e. The fourth-order valence-corrected chi connectivity index (χ4v) is 5.39. The maximum Gasteiger partial charge on any atom is 0.242 e. The number of aryl methyl sites for hydroxylation is 1. The lowest BCUT2D eigenvalue weighted by atomic mass is 10.2. The molecule has 2 heterocycles. The van der Waals surface area contributed by atoms with Crippen molar-refractivity contribution in [1.82, 2.24) is 14.3 Å². The van der Waals surface area contributed by atoms with Crippen molar-refractivity contribution in [3.05, 3.63) is 58.3 Å². The van der Waals surface area contributed by atoms with Gasteiger partial charge in [0, 0.05) is 24.0 Å². The normalized spacial score (nSPS) is 12.4. The molecule has 0 spiro atoms. The summed E-state index contributed by atoms with van der Waals surface area (Å²) in [7, 11) is -7.77. The summed E-state index contributed by atoms with van der Waals surface area (Å²) in [6, 6.07) is 7.56. The largest absolute Gasteiger partial charge is 0.283 e. The fourth-order valence-electron chi connectivity index (χ4n) is 2.44. The number of rotatable bonds is 7. The third-order valence-corrected chi connectivity index (χ3v) is 7.46. The van der Waals surface area contributed by atoms with Crippen LogP contribution in [0.15, 0.2) is 47.6 Å². The minimum atomic E-state index is -3.99. The molecule has 0 radical (unpaired) electrons. The number of benzene rings is 1. The van der Waals surface area contributed by atoms with E-state index in [9.17, 15) is 16.8 Å². The van der Waals surface area contributed by atoms with Gasteiger partial charge in [-0.05, 0) is 42.8 Å². The number of fused-ring (bicyclic) bond motifs is 1. The first-order valence-electron chi connectivity index (χ1n) is 7.97. The Morgan fingerprint density at radius 1 is 1.07 bits per heavy atom. The highest BCUT2D eigenvalue weighted by Gasteiger charge is 2.20. The quantitative estimate of drug-likeness (QED) is 0.560. The van der Waals surface area contributed by atoms with Gasteiger partial charge < -0.3 is 0 Å². The third kappa shape index (κ3) is 4.76. The molecule has 0 unspecified atom stereocenters. The van der Waals surface area contributed by atoms with Crippen molar-refractivity contribution in [1.29, 1.82) is 0 Å². The molecule has 3 rings (SSSR count). The Morgan fingerprint density at radius 2 is 1.82 bits per heavy atom. The number of hydrogen-bond acceptors (Lipinski definition) is 5. The zero-order valence-corrected chi connectivity index (χ0v) is 17.7. The van der Waals surface area contributed by atoms with Crippen LogP contribution in [0.25, 0.3) is 5.52 Å². The summed E-state index contributed by atoms with van der Waals surface area (Å²) in [5.74, 6) is -0.457. The minimum absolute atomic E-state index is 0.0433. The van der Waals surface area contributed by atoms with Gasteiger partial charge in [-0.15, -0.1) is 0 Å². The van der Waals surface area contributed by atoms with Gasteiger partial charge in [0.15, 0.2) is 0 Å². The Bertz CT molecular complexity index is 1240. The Kier molecular flexibility index (Phi) is 5.87. The SMILES string of the molecule is Cc1cc(S(=O)(=O)NCCS(=O)(=O)Nc2ccn3nccc3c2)c(Cl)cc1Cl. The van der Waals surface area contributed by atoms with Crippen molar-refractivity contribution in [2.24, 2.45) is 0 Å². The zero-order valence-electron chi connectivity index (χ0n) is 14.6. The number of sulfonamides is 2. The van der Waals surface area contributed by atoms with Gasteiger partial charge in [0.05, 0.1) is 22.0 Å². The molecule has 0 aliphatic heterocycles. The number of nitrogens with zero attached hydrogens (tertiary/aromatic N) is 2. The highest BCUT2D eigenvalue weighted by Crippen LogP contribution is 2.28. The van der Waals surface area contributed by atoms with Crippen LogP contribution in [0.4, 0.5) is 5.69 Å². The van der Waals surface area contributed by atoms with E-state index in [2.05, 4.69) is 14.5 Å². The summed E-state index contributed by atoms with van der Waals surface area (Å²) < 4.78 is 55.6. The number of pyridine rings is 1. The zero-order chi connectivity index (χ0) is 20.5. The van der Waals surface area contributed by atoms with Crippen molar-refractivity contribution in [3.8, 4) is 0 Å². The summed E-state index contributed by atoms with van der Waals surface area (Å²) in [4.78, 5) is -0.160. The first kappa shape index (κ1) is 20.9. The Labute approximate surface area is 172 Å². The van der Waals surface area contributed by atoms with E-state index in [1.807, 2.05) is 0 Å². The van der Waals surface area contributed by atoms with E-state index in [-0.39, 0.29) is 16.5 Å².